The van der Waals surface area contributed by atoms with Gasteiger partial charge in [0.1, 0.15) is 12.1 Å². The molecule has 1 saturated carbocycles. The molecule has 0 atom stereocenters. The lowest BCUT2D eigenvalue weighted by atomic mass is 10.0. The predicted octanol–water partition coefficient (Wildman–Crippen LogP) is 3.62. The summed E-state index contributed by atoms with van der Waals surface area (Å²) in [5.41, 5.74) is 0. The van der Waals surface area contributed by atoms with Gasteiger partial charge >= 0.3 is 0 Å². The highest BCUT2D eigenvalue weighted by Gasteiger charge is 2.13. The van der Waals surface area contributed by atoms with Crippen LogP contribution >= 0.6 is 15.9 Å². The summed E-state index contributed by atoms with van der Waals surface area (Å²) >= 11 is 3.43. The van der Waals surface area contributed by atoms with E-state index in [-0.39, 0.29) is 0 Å². The van der Waals surface area contributed by atoms with Crippen LogP contribution in [0.25, 0.3) is 0 Å². The lowest BCUT2D eigenvalue weighted by Crippen LogP contribution is -2.06. The van der Waals surface area contributed by atoms with Gasteiger partial charge < -0.3 is 5.32 Å². The summed E-state index contributed by atoms with van der Waals surface area (Å²) in [5.74, 6) is 1.89. The molecule has 0 saturated heterocycles. The summed E-state index contributed by atoms with van der Waals surface area (Å²) in [5, 5.41) is 3.34. The minimum Gasteiger partial charge on any atom is -0.369 e. The first kappa shape index (κ1) is 11.8. The lowest BCUT2D eigenvalue weighted by molar-refractivity contribution is 0.491. The van der Waals surface area contributed by atoms with E-state index in [9.17, 15) is 0 Å². The number of hydrogen-bond donors (Lipinski definition) is 1. The summed E-state index contributed by atoms with van der Waals surface area (Å²) in [6.45, 7) is 1.01. The fraction of sp³-hybridized carbons (Fsp3) is 0.667. The number of aromatic nitrogens is 2. The maximum Gasteiger partial charge on any atom is 0.143 e. The summed E-state index contributed by atoms with van der Waals surface area (Å²) in [4.78, 5) is 8.12. The molecule has 16 heavy (non-hydrogen) atoms. The van der Waals surface area contributed by atoms with Crippen molar-refractivity contribution in [2.45, 2.75) is 38.5 Å². The van der Waals surface area contributed by atoms with Crippen LogP contribution in [-0.2, 0) is 0 Å². The number of nitrogens with zero attached hydrogens (tertiary/aromatic N) is 2. The summed E-state index contributed by atoms with van der Waals surface area (Å²) in [6.07, 6.45) is 11.7. The van der Waals surface area contributed by atoms with E-state index < -0.39 is 0 Å². The Morgan fingerprint density at radius 1 is 1.38 bits per heavy atom. The van der Waals surface area contributed by atoms with E-state index in [1.54, 1.807) is 12.5 Å². The number of nitrogens with one attached hydrogen (secondary N) is 1. The number of hydrogen-bond acceptors (Lipinski definition) is 3. The highest BCUT2D eigenvalue weighted by Crippen LogP contribution is 2.28. The topological polar surface area (TPSA) is 37.8 Å². The van der Waals surface area contributed by atoms with Crippen LogP contribution in [0.5, 0.6) is 0 Å². The molecule has 0 aromatic carbocycles. The lowest BCUT2D eigenvalue weighted by Gasteiger charge is -2.10. The first-order chi connectivity index (χ1) is 7.86. The molecular weight excluding hydrogens is 266 g/mol. The normalized spacial score (nSPS) is 16.6. The molecule has 1 aromatic rings. The number of anilines is 1. The van der Waals surface area contributed by atoms with Gasteiger partial charge in [0, 0.05) is 12.7 Å². The van der Waals surface area contributed by atoms with Gasteiger partial charge in [-0.15, -0.1) is 0 Å². The van der Waals surface area contributed by atoms with E-state index in [0.29, 0.717) is 0 Å². The predicted molar refractivity (Wildman–Crippen MR) is 69.4 cm³/mol. The second kappa shape index (κ2) is 6.18. The van der Waals surface area contributed by atoms with Gasteiger partial charge in [0.25, 0.3) is 0 Å². The largest absolute Gasteiger partial charge is 0.369 e. The van der Waals surface area contributed by atoms with Crippen LogP contribution in [0.4, 0.5) is 5.82 Å². The quantitative estimate of drug-likeness (QED) is 0.839. The number of rotatable bonds is 5. The molecule has 0 bridgehead atoms. The van der Waals surface area contributed by atoms with E-state index >= 15 is 0 Å². The Balaban J connectivity index is 1.66. The van der Waals surface area contributed by atoms with Gasteiger partial charge in [-0.05, 0) is 34.7 Å². The summed E-state index contributed by atoms with van der Waals surface area (Å²) in [6, 6.07) is 0. The first-order valence-corrected chi connectivity index (χ1v) is 6.85. The Labute approximate surface area is 105 Å². The zero-order valence-corrected chi connectivity index (χ0v) is 11.0. The Kier molecular flexibility index (Phi) is 4.57. The smallest absolute Gasteiger partial charge is 0.143 e. The molecule has 0 spiro atoms. The van der Waals surface area contributed by atoms with Crippen molar-refractivity contribution in [1.29, 1.82) is 0 Å². The van der Waals surface area contributed by atoms with E-state index in [1.165, 1.54) is 38.5 Å². The average Bonchev–Trinajstić information content (AvgIpc) is 2.79. The molecule has 3 nitrogen and oxygen atoms in total. The van der Waals surface area contributed by atoms with Crippen LogP contribution in [0.15, 0.2) is 17.0 Å². The molecule has 4 heteroatoms. The van der Waals surface area contributed by atoms with Crippen molar-refractivity contribution in [2.24, 2.45) is 5.92 Å². The van der Waals surface area contributed by atoms with Gasteiger partial charge in [0.05, 0.1) is 4.47 Å². The van der Waals surface area contributed by atoms with Crippen LogP contribution in [0.1, 0.15) is 38.5 Å². The molecule has 88 valence electrons. The second-order valence-corrected chi connectivity index (χ2v) is 5.29. The van der Waals surface area contributed by atoms with Crippen molar-refractivity contribution >= 4 is 21.7 Å². The zero-order valence-electron chi connectivity index (χ0n) is 9.45. The van der Waals surface area contributed by atoms with Crippen molar-refractivity contribution in [3.8, 4) is 0 Å². The van der Waals surface area contributed by atoms with Gasteiger partial charge in [-0.1, -0.05) is 25.7 Å². The fourth-order valence-corrected chi connectivity index (χ4v) is 2.70. The van der Waals surface area contributed by atoms with Crippen molar-refractivity contribution in [2.75, 3.05) is 11.9 Å². The minimum atomic E-state index is 0.904. The van der Waals surface area contributed by atoms with Crippen LogP contribution in [-0.4, -0.2) is 16.5 Å². The van der Waals surface area contributed by atoms with Crippen LogP contribution in [0, 0.1) is 5.92 Å². The molecule has 1 aliphatic rings. The molecule has 0 unspecified atom stereocenters. The van der Waals surface area contributed by atoms with Crippen molar-refractivity contribution in [1.82, 2.24) is 9.97 Å². The fourth-order valence-electron chi connectivity index (χ4n) is 2.34. The molecular formula is C12H18BrN3. The second-order valence-electron chi connectivity index (χ2n) is 4.44. The van der Waals surface area contributed by atoms with Gasteiger partial charge in [0.15, 0.2) is 0 Å². The van der Waals surface area contributed by atoms with Crippen LogP contribution < -0.4 is 5.32 Å². The Bertz CT molecular complexity index is 324. The van der Waals surface area contributed by atoms with Gasteiger partial charge in [-0.25, -0.2) is 9.97 Å². The van der Waals surface area contributed by atoms with Crippen molar-refractivity contribution in [3.05, 3.63) is 17.0 Å². The SMILES string of the molecule is Brc1cncnc1NCCCC1CCCC1. The Hall–Kier alpha value is -0.640. The number of halogens is 1. The highest BCUT2D eigenvalue weighted by molar-refractivity contribution is 9.10. The molecule has 0 amide bonds. The van der Waals surface area contributed by atoms with Crippen LogP contribution in [0.2, 0.25) is 0 Å². The zero-order chi connectivity index (χ0) is 11.2. The molecule has 1 aliphatic carbocycles. The monoisotopic (exact) mass is 283 g/mol. The maximum atomic E-state index is 4.18. The Morgan fingerprint density at radius 3 is 2.94 bits per heavy atom. The van der Waals surface area contributed by atoms with E-state index in [0.717, 1.165) is 22.8 Å². The summed E-state index contributed by atoms with van der Waals surface area (Å²) in [7, 11) is 0. The van der Waals surface area contributed by atoms with E-state index in [2.05, 4.69) is 31.2 Å². The maximum absolute atomic E-state index is 4.18. The third-order valence-electron chi connectivity index (χ3n) is 3.22. The van der Waals surface area contributed by atoms with Gasteiger partial charge in [-0.2, -0.15) is 0 Å². The highest BCUT2D eigenvalue weighted by atomic mass is 79.9. The van der Waals surface area contributed by atoms with Crippen molar-refractivity contribution < 1.29 is 0 Å². The van der Waals surface area contributed by atoms with Crippen LogP contribution in [0.3, 0.4) is 0 Å². The molecule has 0 aliphatic heterocycles. The van der Waals surface area contributed by atoms with Crippen molar-refractivity contribution in [3.63, 3.8) is 0 Å². The third kappa shape index (κ3) is 3.44. The standard InChI is InChI=1S/C12H18BrN3/c13-11-8-14-9-16-12(11)15-7-3-6-10-4-1-2-5-10/h8-10H,1-7H2,(H,14,15,16). The molecule has 1 aromatic heterocycles. The molecule has 1 N–H and O–H groups in total. The Morgan fingerprint density at radius 2 is 2.19 bits per heavy atom. The minimum absolute atomic E-state index is 0.904. The van der Waals surface area contributed by atoms with E-state index in [4.69, 9.17) is 0 Å². The third-order valence-corrected chi connectivity index (χ3v) is 3.80. The molecule has 0 radical (unpaired) electrons. The molecule has 1 fully saturated rings. The average molecular weight is 284 g/mol. The summed E-state index contributed by atoms with van der Waals surface area (Å²) < 4.78 is 0.941. The molecule has 2 rings (SSSR count). The first-order valence-electron chi connectivity index (χ1n) is 6.05. The molecule has 1 heterocycles. The van der Waals surface area contributed by atoms with Gasteiger partial charge in [-0.3, -0.25) is 0 Å². The van der Waals surface area contributed by atoms with Gasteiger partial charge in [0.2, 0.25) is 0 Å². The van der Waals surface area contributed by atoms with E-state index in [1.807, 2.05) is 0 Å².